The largest absolute Gasteiger partial charge is 0.309 e. The molecule has 7 rings (SSSR count). The number of aromatic nitrogens is 1. The summed E-state index contributed by atoms with van der Waals surface area (Å²) >= 11 is 0. The van der Waals surface area contributed by atoms with Gasteiger partial charge in [0, 0.05) is 21.9 Å². The van der Waals surface area contributed by atoms with Crippen LogP contribution in [0.2, 0.25) is 0 Å². The van der Waals surface area contributed by atoms with Crippen LogP contribution in [0.15, 0.2) is 128 Å². The highest BCUT2D eigenvalue weighted by atomic mass is 15.0. The molecule has 0 aliphatic heterocycles. The van der Waals surface area contributed by atoms with E-state index in [2.05, 4.69) is 147 Å². The summed E-state index contributed by atoms with van der Waals surface area (Å²) in [5.41, 5.74) is 9.51. The monoisotopic (exact) mass is 513 g/mol. The van der Waals surface area contributed by atoms with Crippen LogP contribution in [0.3, 0.4) is 0 Å². The summed E-state index contributed by atoms with van der Waals surface area (Å²) in [6.07, 6.45) is 3.98. The van der Waals surface area contributed by atoms with Gasteiger partial charge in [0.25, 0.3) is 0 Å². The average Bonchev–Trinajstić information content (AvgIpc) is 3.26. The molecule has 40 heavy (non-hydrogen) atoms. The van der Waals surface area contributed by atoms with E-state index in [9.17, 15) is 0 Å². The molecule has 0 radical (unpaired) electrons. The Kier molecular flexibility index (Phi) is 5.50. The number of hydrogen-bond donors (Lipinski definition) is 0. The first-order valence-corrected chi connectivity index (χ1v) is 13.9. The molecule has 1 aliphatic rings. The van der Waals surface area contributed by atoms with E-state index in [1.54, 1.807) is 0 Å². The van der Waals surface area contributed by atoms with Gasteiger partial charge in [0.2, 0.25) is 0 Å². The molecule has 1 aromatic heterocycles. The third-order valence-corrected chi connectivity index (χ3v) is 8.61. The van der Waals surface area contributed by atoms with Crippen molar-refractivity contribution in [2.24, 2.45) is 0 Å². The van der Waals surface area contributed by atoms with Crippen LogP contribution in [0, 0.1) is 0 Å². The molecule has 1 heterocycles. The van der Waals surface area contributed by atoms with Crippen molar-refractivity contribution in [3.63, 3.8) is 0 Å². The molecular formula is C39H31N. The van der Waals surface area contributed by atoms with Gasteiger partial charge in [0.15, 0.2) is 0 Å². The molecule has 0 spiro atoms. The maximum absolute atomic E-state index is 4.38. The Hall–Kier alpha value is -4.88. The van der Waals surface area contributed by atoms with Crippen molar-refractivity contribution in [3.05, 3.63) is 151 Å². The average molecular weight is 514 g/mol. The molecule has 1 heteroatoms. The van der Waals surface area contributed by atoms with Crippen molar-refractivity contribution in [1.82, 2.24) is 4.57 Å². The minimum Gasteiger partial charge on any atom is -0.309 e. The number of para-hydroxylation sites is 1. The van der Waals surface area contributed by atoms with Gasteiger partial charge in [-0.2, -0.15) is 0 Å². The second-order valence-electron chi connectivity index (χ2n) is 11.0. The summed E-state index contributed by atoms with van der Waals surface area (Å²) in [4.78, 5) is 0. The molecule has 0 saturated carbocycles. The first kappa shape index (κ1) is 24.2. The topological polar surface area (TPSA) is 4.93 Å². The number of hydrogen-bond acceptors (Lipinski definition) is 0. The number of benzene rings is 5. The molecular weight excluding hydrogens is 482 g/mol. The highest BCUT2D eigenvalue weighted by molar-refractivity contribution is 6.15. The Balaban J connectivity index is 1.83. The van der Waals surface area contributed by atoms with Gasteiger partial charge >= 0.3 is 0 Å². The second-order valence-corrected chi connectivity index (χ2v) is 11.0. The molecule has 1 aliphatic carbocycles. The van der Waals surface area contributed by atoms with E-state index in [0.29, 0.717) is 0 Å². The van der Waals surface area contributed by atoms with Gasteiger partial charge in [-0.15, -0.1) is 0 Å². The summed E-state index contributed by atoms with van der Waals surface area (Å²) in [6.45, 7) is 13.4. The predicted octanol–water partition coefficient (Wildman–Crippen LogP) is 10.7. The van der Waals surface area contributed by atoms with Gasteiger partial charge < -0.3 is 4.57 Å². The standard InChI is InChI=1S/C39H31N/c1-5-26-27-16-7-8-17-28(27)29-18-9-10-19-30(29)31-20-12-14-24-36(31)40(35(26)6-2)37-25-15-23-34-38(37)32-21-11-13-22-33(32)39(34,3)4/h5-25H,1-2H2,3-4H3. The van der Waals surface area contributed by atoms with Crippen LogP contribution in [0.4, 0.5) is 0 Å². The molecule has 5 aromatic carbocycles. The van der Waals surface area contributed by atoms with Gasteiger partial charge in [-0.1, -0.05) is 136 Å². The lowest BCUT2D eigenvalue weighted by atomic mass is 9.82. The fourth-order valence-corrected chi connectivity index (χ4v) is 6.79. The molecule has 192 valence electrons. The van der Waals surface area contributed by atoms with Crippen molar-refractivity contribution in [2.75, 3.05) is 0 Å². The molecule has 0 unspecified atom stereocenters. The van der Waals surface area contributed by atoms with E-state index in [1.807, 2.05) is 12.2 Å². The van der Waals surface area contributed by atoms with Gasteiger partial charge in [-0.25, -0.2) is 0 Å². The summed E-state index contributed by atoms with van der Waals surface area (Å²) in [6, 6.07) is 41.7. The van der Waals surface area contributed by atoms with Gasteiger partial charge in [0.1, 0.15) is 0 Å². The minimum atomic E-state index is -0.0976. The van der Waals surface area contributed by atoms with Crippen molar-refractivity contribution in [3.8, 4) is 16.8 Å². The molecule has 6 aromatic rings. The van der Waals surface area contributed by atoms with Crippen LogP contribution in [0.25, 0.3) is 61.4 Å². The normalized spacial score (nSPS) is 13.2. The van der Waals surface area contributed by atoms with E-state index in [4.69, 9.17) is 0 Å². The van der Waals surface area contributed by atoms with Crippen LogP contribution in [0.1, 0.15) is 36.2 Å². The fourth-order valence-electron chi connectivity index (χ4n) is 6.79. The Morgan fingerprint density at radius 1 is 0.550 bits per heavy atom. The molecule has 0 N–H and O–H groups in total. The van der Waals surface area contributed by atoms with E-state index in [-0.39, 0.29) is 5.41 Å². The smallest absolute Gasteiger partial charge is 0.0543 e. The highest BCUT2D eigenvalue weighted by Crippen LogP contribution is 2.51. The molecule has 0 bridgehead atoms. The number of nitrogens with zero attached hydrogens (tertiary/aromatic N) is 1. The summed E-state index contributed by atoms with van der Waals surface area (Å²) in [5.74, 6) is 0. The predicted molar refractivity (Wildman–Crippen MR) is 174 cm³/mol. The Morgan fingerprint density at radius 3 is 1.80 bits per heavy atom. The fraction of sp³-hybridized carbons (Fsp3) is 0.0769. The first-order valence-electron chi connectivity index (χ1n) is 13.9. The third kappa shape index (κ3) is 3.34. The van der Waals surface area contributed by atoms with Crippen LogP contribution >= 0.6 is 0 Å². The number of rotatable bonds is 3. The summed E-state index contributed by atoms with van der Waals surface area (Å²) in [5, 5.41) is 5.93. The van der Waals surface area contributed by atoms with Crippen molar-refractivity contribution in [2.45, 2.75) is 19.3 Å². The van der Waals surface area contributed by atoms with Gasteiger partial charge in [0.05, 0.1) is 16.9 Å². The maximum atomic E-state index is 4.38. The SMILES string of the molecule is C=Cc1c(C=C)n(-c2cccc3c2-c2ccccc2C3(C)C)c2ccccc2c2ccccc2c2ccccc12. The molecule has 1 nitrogen and oxygen atoms in total. The second kappa shape index (κ2) is 9.10. The highest BCUT2D eigenvalue weighted by Gasteiger charge is 2.37. The third-order valence-electron chi connectivity index (χ3n) is 8.61. The zero-order chi connectivity index (χ0) is 27.4. The summed E-state index contributed by atoms with van der Waals surface area (Å²) in [7, 11) is 0. The Morgan fingerprint density at radius 2 is 1.10 bits per heavy atom. The van der Waals surface area contributed by atoms with Crippen molar-refractivity contribution < 1.29 is 0 Å². The molecule has 0 amide bonds. The lowest BCUT2D eigenvalue weighted by Gasteiger charge is -2.23. The zero-order valence-electron chi connectivity index (χ0n) is 23.0. The number of fused-ring (bicyclic) bond motifs is 8. The Bertz CT molecular complexity index is 2070. The zero-order valence-corrected chi connectivity index (χ0v) is 23.0. The summed E-state index contributed by atoms with van der Waals surface area (Å²) < 4.78 is 2.41. The lowest BCUT2D eigenvalue weighted by molar-refractivity contribution is 0.660. The lowest BCUT2D eigenvalue weighted by Crippen LogP contribution is -2.15. The van der Waals surface area contributed by atoms with Crippen LogP contribution < -0.4 is 0 Å². The van der Waals surface area contributed by atoms with Crippen LogP contribution in [-0.2, 0) is 5.41 Å². The molecule has 0 atom stereocenters. The maximum Gasteiger partial charge on any atom is 0.0543 e. The van der Waals surface area contributed by atoms with E-state index in [0.717, 1.165) is 27.8 Å². The van der Waals surface area contributed by atoms with Crippen molar-refractivity contribution >= 4 is 44.6 Å². The molecule has 0 saturated heterocycles. The quantitative estimate of drug-likeness (QED) is 0.222. The van der Waals surface area contributed by atoms with Crippen LogP contribution in [-0.4, -0.2) is 4.57 Å². The van der Waals surface area contributed by atoms with Gasteiger partial charge in [-0.3, -0.25) is 0 Å². The van der Waals surface area contributed by atoms with Gasteiger partial charge in [-0.05, 0) is 56.4 Å². The van der Waals surface area contributed by atoms with E-state index < -0.39 is 0 Å². The Labute approximate surface area is 235 Å². The van der Waals surface area contributed by atoms with E-state index in [1.165, 1.54) is 43.8 Å². The van der Waals surface area contributed by atoms with Crippen molar-refractivity contribution in [1.29, 1.82) is 0 Å². The minimum absolute atomic E-state index is 0.0976. The van der Waals surface area contributed by atoms with Crippen LogP contribution in [0.5, 0.6) is 0 Å². The molecule has 0 fully saturated rings. The van der Waals surface area contributed by atoms with E-state index >= 15 is 0 Å². The first-order chi connectivity index (χ1) is 19.6.